The Morgan fingerprint density at radius 1 is 1.58 bits per heavy atom. The maximum atomic E-state index is 10.8. The molecule has 0 aromatic heterocycles. The van der Waals surface area contributed by atoms with E-state index in [0.717, 1.165) is 6.42 Å². The van der Waals surface area contributed by atoms with Gasteiger partial charge in [-0.25, -0.2) is 0 Å². The van der Waals surface area contributed by atoms with Crippen LogP contribution in [0.1, 0.15) is 19.8 Å². The van der Waals surface area contributed by atoms with Gasteiger partial charge in [0, 0.05) is 12.8 Å². The summed E-state index contributed by atoms with van der Waals surface area (Å²) in [4.78, 5) is 19.6. The lowest BCUT2D eigenvalue weighted by atomic mass is 10.5. The molecule has 72 valence electrons. The molecular weight excluding hydrogens is 179 g/mol. The van der Waals surface area contributed by atoms with Gasteiger partial charge in [0.25, 0.3) is 0 Å². The molecule has 5 heteroatoms. The van der Waals surface area contributed by atoms with Crippen LogP contribution in [-0.4, -0.2) is 30.3 Å². The van der Waals surface area contributed by atoms with Crippen LogP contribution in [-0.2, 0) is 14.1 Å². The molecule has 12 heavy (non-hydrogen) atoms. The number of rotatable bonds is 5. The summed E-state index contributed by atoms with van der Waals surface area (Å²) >= 11 is 0. The van der Waals surface area contributed by atoms with E-state index in [9.17, 15) is 9.36 Å². The van der Waals surface area contributed by atoms with Gasteiger partial charge in [0.1, 0.15) is 0 Å². The Morgan fingerprint density at radius 3 is 2.58 bits per heavy atom. The lowest BCUT2D eigenvalue weighted by Gasteiger charge is -2.04. The molecule has 0 bridgehead atoms. The molecule has 0 aromatic rings. The van der Waals surface area contributed by atoms with Crippen molar-refractivity contribution in [2.75, 3.05) is 19.4 Å². The van der Waals surface area contributed by atoms with Gasteiger partial charge in [-0.15, -0.1) is 0 Å². The minimum atomic E-state index is -3.05. The number of esters is 1. The van der Waals surface area contributed by atoms with Gasteiger partial charge in [-0.1, -0.05) is 6.92 Å². The quantitative estimate of drug-likeness (QED) is 0.528. The normalized spacial score (nSPS) is 15.2. The van der Waals surface area contributed by atoms with Crippen molar-refractivity contribution in [3.8, 4) is 0 Å². The number of hydrogen-bond acceptors (Lipinski definition) is 3. The Labute approximate surface area is 72.4 Å². The zero-order valence-corrected chi connectivity index (χ0v) is 8.34. The first kappa shape index (κ1) is 11.7. The second-order valence-corrected chi connectivity index (χ2v) is 5.29. The molecule has 0 radical (unpaired) electrons. The molecular formula is C7H15O4P. The number of carbonyl (C=O) groups is 1. The van der Waals surface area contributed by atoms with Crippen LogP contribution in [0.4, 0.5) is 0 Å². The van der Waals surface area contributed by atoms with Gasteiger partial charge in [-0.2, -0.15) is 0 Å². The largest absolute Gasteiger partial charge is 0.466 e. The van der Waals surface area contributed by atoms with E-state index in [2.05, 4.69) is 0 Å². The number of hydrogen-bond donors (Lipinski definition) is 1. The van der Waals surface area contributed by atoms with Crippen LogP contribution in [0.3, 0.4) is 0 Å². The zero-order valence-electron chi connectivity index (χ0n) is 7.45. The molecule has 0 aliphatic heterocycles. The summed E-state index contributed by atoms with van der Waals surface area (Å²) in [5.41, 5.74) is 0. The predicted molar refractivity (Wildman–Crippen MR) is 46.5 cm³/mol. The summed E-state index contributed by atoms with van der Waals surface area (Å²) < 4.78 is 15.5. The molecule has 0 aliphatic rings. The van der Waals surface area contributed by atoms with Crippen molar-refractivity contribution in [3.05, 3.63) is 0 Å². The topological polar surface area (TPSA) is 63.6 Å². The maximum Gasteiger partial charge on any atom is 0.306 e. The van der Waals surface area contributed by atoms with Gasteiger partial charge in [0.05, 0.1) is 13.0 Å². The SMILES string of the molecule is CCCOC(=O)CCP(C)(=O)O. The molecule has 1 unspecified atom stereocenters. The highest BCUT2D eigenvalue weighted by molar-refractivity contribution is 7.57. The predicted octanol–water partition coefficient (Wildman–Crippen LogP) is 1.23. The monoisotopic (exact) mass is 194 g/mol. The van der Waals surface area contributed by atoms with Gasteiger partial charge in [0.15, 0.2) is 7.37 Å². The smallest absolute Gasteiger partial charge is 0.306 e. The summed E-state index contributed by atoms with van der Waals surface area (Å²) in [6.45, 7) is 3.52. The standard InChI is InChI=1S/C7H15O4P/c1-3-5-11-7(8)4-6-12(2,9)10/h3-6H2,1-2H3,(H,9,10). The average molecular weight is 194 g/mol. The molecule has 0 saturated carbocycles. The van der Waals surface area contributed by atoms with E-state index < -0.39 is 13.3 Å². The van der Waals surface area contributed by atoms with Crippen molar-refractivity contribution in [1.82, 2.24) is 0 Å². The van der Waals surface area contributed by atoms with Gasteiger partial charge < -0.3 is 9.63 Å². The molecule has 0 amide bonds. The van der Waals surface area contributed by atoms with Gasteiger partial charge in [-0.05, 0) is 6.42 Å². The third-order valence-corrected chi connectivity index (χ3v) is 2.25. The van der Waals surface area contributed by atoms with Crippen molar-refractivity contribution in [2.24, 2.45) is 0 Å². The van der Waals surface area contributed by atoms with Crippen LogP contribution in [0, 0.1) is 0 Å². The fourth-order valence-corrected chi connectivity index (χ4v) is 1.18. The van der Waals surface area contributed by atoms with Crippen LogP contribution in [0.5, 0.6) is 0 Å². The first-order chi connectivity index (χ1) is 5.45. The van der Waals surface area contributed by atoms with E-state index in [1.54, 1.807) is 0 Å². The summed E-state index contributed by atoms with van der Waals surface area (Å²) in [5.74, 6) is -0.395. The Hall–Kier alpha value is -0.340. The van der Waals surface area contributed by atoms with Crippen LogP contribution >= 0.6 is 7.37 Å². The minimum absolute atomic E-state index is 0.00947. The van der Waals surface area contributed by atoms with Crippen LogP contribution in [0.2, 0.25) is 0 Å². The Kier molecular flexibility index (Phi) is 5.18. The van der Waals surface area contributed by atoms with E-state index in [4.69, 9.17) is 9.63 Å². The van der Waals surface area contributed by atoms with Crippen molar-refractivity contribution in [2.45, 2.75) is 19.8 Å². The highest BCUT2D eigenvalue weighted by atomic mass is 31.2. The summed E-state index contributed by atoms with van der Waals surface area (Å²) in [7, 11) is -3.05. The van der Waals surface area contributed by atoms with E-state index in [-0.39, 0.29) is 12.6 Å². The molecule has 0 rings (SSSR count). The first-order valence-corrected chi connectivity index (χ1v) is 6.20. The fourth-order valence-electron chi connectivity index (χ4n) is 0.587. The van der Waals surface area contributed by atoms with E-state index >= 15 is 0 Å². The second-order valence-electron chi connectivity index (χ2n) is 2.75. The molecule has 0 aliphatic carbocycles. The Bertz CT molecular complexity index is 184. The second kappa shape index (κ2) is 5.33. The first-order valence-electron chi connectivity index (χ1n) is 3.90. The van der Waals surface area contributed by atoms with Crippen molar-refractivity contribution in [3.63, 3.8) is 0 Å². The Morgan fingerprint density at radius 2 is 2.17 bits per heavy atom. The lowest BCUT2D eigenvalue weighted by Crippen LogP contribution is -2.07. The van der Waals surface area contributed by atoms with Crippen molar-refractivity contribution < 1.29 is 19.0 Å². The molecule has 0 aromatic carbocycles. The summed E-state index contributed by atoms with van der Waals surface area (Å²) in [5, 5.41) is 0. The van der Waals surface area contributed by atoms with Gasteiger partial charge in [-0.3, -0.25) is 9.36 Å². The minimum Gasteiger partial charge on any atom is -0.466 e. The number of ether oxygens (including phenoxy) is 1. The van der Waals surface area contributed by atoms with Gasteiger partial charge >= 0.3 is 5.97 Å². The van der Waals surface area contributed by atoms with E-state index in [0.29, 0.717) is 6.61 Å². The average Bonchev–Trinajstić information content (AvgIpc) is 1.95. The third-order valence-electron chi connectivity index (χ3n) is 1.20. The molecule has 1 atom stereocenters. The van der Waals surface area contributed by atoms with E-state index in [1.165, 1.54) is 6.66 Å². The highest BCUT2D eigenvalue weighted by Gasteiger charge is 2.12. The van der Waals surface area contributed by atoms with Crippen LogP contribution in [0.15, 0.2) is 0 Å². The molecule has 0 heterocycles. The fraction of sp³-hybridized carbons (Fsp3) is 0.857. The summed E-state index contributed by atoms with van der Waals surface area (Å²) in [6.07, 6.45) is 0.814. The lowest BCUT2D eigenvalue weighted by molar-refractivity contribution is -0.143. The van der Waals surface area contributed by atoms with Crippen LogP contribution in [0.25, 0.3) is 0 Å². The molecule has 4 nitrogen and oxygen atoms in total. The molecule has 0 saturated heterocycles. The highest BCUT2D eigenvalue weighted by Crippen LogP contribution is 2.35. The van der Waals surface area contributed by atoms with Gasteiger partial charge in [0.2, 0.25) is 0 Å². The van der Waals surface area contributed by atoms with Crippen LogP contribution < -0.4 is 0 Å². The zero-order chi connectivity index (χ0) is 9.61. The molecule has 0 fully saturated rings. The summed E-state index contributed by atoms with van der Waals surface area (Å²) in [6, 6.07) is 0. The third kappa shape index (κ3) is 7.76. The molecule has 1 N–H and O–H groups in total. The van der Waals surface area contributed by atoms with E-state index in [1.807, 2.05) is 6.92 Å². The Balaban J connectivity index is 3.51. The maximum absolute atomic E-state index is 10.8. The molecule has 0 spiro atoms. The number of carbonyl (C=O) groups excluding carboxylic acids is 1. The van der Waals surface area contributed by atoms with Crippen molar-refractivity contribution >= 4 is 13.3 Å². The van der Waals surface area contributed by atoms with Crippen molar-refractivity contribution in [1.29, 1.82) is 0 Å².